The summed E-state index contributed by atoms with van der Waals surface area (Å²) in [5.41, 5.74) is 3.78. The highest BCUT2D eigenvalue weighted by atomic mass is 16.2. The van der Waals surface area contributed by atoms with Gasteiger partial charge in [0.2, 0.25) is 11.8 Å². The molecule has 5 heteroatoms. The van der Waals surface area contributed by atoms with E-state index in [2.05, 4.69) is 31.1 Å². The van der Waals surface area contributed by atoms with E-state index in [1.165, 1.54) is 11.3 Å². The van der Waals surface area contributed by atoms with E-state index in [9.17, 15) is 9.59 Å². The first-order valence-corrected chi connectivity index (χ1v) is 12.4. The maximum atomic E-state index is 13.3. The van der Waals surface area contributed by atoms with Crippen molar-refractivity contribution < 1.29 is 9.59 Å². The highest BCUT2D eigenvalue weighted by molar-refractivity contribution is 5.80. The molecular formula is C27H37N3O2. The molecule has 1 saturated heterocycles. The van der Waals surface area contributed by atoms with Gasteiger partial charge in [-0.3, -0.25) is 14.6 Å². The number of aromatic nitrogens is 1. The molecule has 0 radical (unpaired) electrons. The van der Waals surface area contributed by atoms with Crippen molar-refractivity contribution in [2.24, 2.45) is 34.5 Å². The third-order valence-electron chi connectivity index (χ3n) is 9.80. The van der Waals surface area contributed by atoms with Crippen molar-refractivity contribution in [3.63, 3.8) is 0 Å². The van der Waals surface area contributed by atoms with Gasteiger partial charge in [0.1, 0.15) is 0 Å². The second kappa shape index (κ2) is 7.71. The van der Waals surface area contributed by atoms with Gasteiger partial charge in [0.15, 0.2) is 0 Å². The number of pyridine rings is 1. The van der Waals surface area contributed by atoms with Gasteiger partial charge in [0, 0.05) is 36.7 Å². The van der Waals surface area contributed by atoms with Crippen LogP contribution in [0.4, 0.5) is 0 Å². The van der Waals surface area contributed by atoms with E-state index in [4.69, 9.17) is 0 Å². The molecule has 1 aliphatic heterocycles. The lowest BCUT2D eigenvalue weighted by Gasteiger charge is -2.59. The van der Waals surface area contributed by atoms with Gasteiger partial charge in [-0.1, -0.05) is 25.5 Å². The molecule has 2 amide bonds. The Morgan fingerprint density at radius 1 is 1.19 bits per heavy atom. The Morgan fingerprint density at radius 2 is 2.00 bits per heavy atom. The number of amides is 2. The Balaban J connectivity index is 1.37. The zero-order chi connectivity index (χ0) is 22.7. The molecule has 0 spiro atoms. The van der Waals surface area contributed by atoms with Crippen LogP contribution in [0.2, 0.25) is 0 Å². The number of nitrogens with zero attached hydrogens (tertiary/aromatic N) is 2. The first kappa shape index (κ1) is 21.7. The topological polar surface area (TPSA) is 62.3 Å². The highest BCUT2D eigenvalue weighted by Crippen LogP contribution is 2.66. The number of allylic oxidation sites excluding steroid dienone is 2. The molecule has 172 valence electrons. The van der Waals surface area contributed by atoms with Crippen LogP contribution >= 0.6 is 0 Å². The SMILES string of the molecule is CC1=C2N(C)C(=O)CC[C@]2(C)[C@H]2CC[C@]3(C)[C@H](C(=O)NCc4ccccn4)CC[C@H]3[C@@H]2C1. The van der Waals surface area contributed by atoms with Crippen molar-refractivity contribution in [2.75, 3.05) is 7.05 Å². The van der Waals surface area contributed by atoms with Crippen molar-refractivity contribution >= 4 is 11.8 Å². The van der Waals surface area contributed by atoms with Crippen molar-refractivity contribution in [2.45, 2.75) is 72.3 Å². The molecule has 1 N–H and O–H groups in total. The Morgan fingerprint density at radius 3 is 2.75 bits per heavy atom. The largest absolute Gasteiger partial charge is 0.350 e. The molecule has 5 rings (SSSR count). The summed E-state index contributed by atoms with van der Waals surface area (Å²) < 4.78 is 0. The third-order valence-corrected chi connectivity index (χ3v) is 9.80. The molecule has 2 saturated carbocycles. The number of likely N-dealkylation sites (tertiary alicyclic amines) is 1. The number of carbonyl (C=O) groups excluding carboxylic acids is 2. The average Bonchev–Trinajstić information content (AvgIpc) is 3.13. The number of fused-ring (bicyclic) bond motifs is 5. The van der Waals surface area contributed by atoms with Crippen LogP contribution in [0, 0.1) is 34.5 Å². The minimum absolute atomic E-state index is 0.0693. The van der Waals surface area contributed by atoms with Gasteiger partial charge >= 0.3 is 0 Å². The van der Waals surface area contributed by atoms with Crippen LogP contribution in [0.5, 0.6) is 0 Å². The first-order valence-electron chi connectivity index (χ1n) is 12.4. The Labute approximate surface area is 192 Å². The lowest BCUT2D eigenvalue weighted by Crippen LogP contribution is -2.55. The number of nitrogens with one attached hydrogen (secondary N) is 1. The zero-order valence-electron chi connectivity index (χ0n) is 20.0. The van der Waals surface area contributed by atoms with Crippen molar-refractivity contribution in [3.8, 4) is 0 Å². The predicted octanol–water partition coefficient (Wildman–Crippen LogP) is 4.69. The maximum Gasteiger partial charge on any atom is 0.226 e. The summed E-state index contributed by atoms with van der Waals surface area (Å²) in [6.07, 6.45) is 8.90. The van der Waals surface area contributed by atoms with Crippen LogP contribution in [0.3, 0.4) is 0 Å². The zero-order valence-corrected chi connectivity index (χ0v) is 20.0. The van der Waals surface area contributed by atoms with E-state index in [1.54, 1.807) is 6.20 Å². The number of piperidine rings is 1. The minimum Gasteiger partial charge on any atom is -0.350 e. The summed E-state index contributed by atoms with van der Waals surface area (Å²) in [6, 6.07) is 5.83. The average molecular weight is 436 g/mol. The maximum absolute atomic E-state index is 13.3. The summed E-state index contributed by atoms with van der Waals surface area (Å²) >= 11 is 0. The fraction of sp³-hybridized carbons (Fsp3) is 0.667. The highest BCUT2D eigenvalue weighted by Gasteiger charge is 2.61. The molecule has 0 bridgehead atoms. The van der Waals surface area contributed by atoms with Crippen LogP contribution in [0.25, 0.3) is 0 Å². The Bertz CT molecular complexity index is 957. The molecule has 6 atom stereocenters. The standard InChI is InChI=1S/C27H37N3O2/c1-17-15-19-20-8-9-22(25(32)29-16-18-7-5-6-14-28-18)26(20,2)12-10-21(19)27(3)13-11-23(31)30(4)24(17)27/h5-7,14,19-22H,8-13,15-16H2,1-4H3,(H,29,32)/t19-,20-,21-,22-,26-,27+/m0/s1. The molecule has 5 nitrogen and oxygen atoms in total. The van der Waals surface area contributed by atoms with Crippen molar-refractivity contribution in [3.05, 3.63) is 41.4 Å². The molecule has 0 aromatic carbocycles. The molecule has 0 unspecified atom stereocenters. The molecule has 1 aromatic rings. The Kier molecular flexibility index (Phi) is 5.22. The molecular weight excluding hydrogens is 398 g/mol. The summed E-state index contributed by atoms with van der Waals surface area (Å²) in [5.74, 6) is 2.38. The van der Waals surface area contributed by atoms with Crippen LogP contribution < -0.4 is 5.32 Å². The van der Waals surface area contributed by atoms with E-state index in [1.807, 2.05) is 30.1 Å². The van der Waals surface area contributed by atoms with Gasteiger partial charge in [-0.05, 0) is 80.8 Å². The predicted molar refractivity (Wildman–Crippen MR) is 124 cm³/mol. The third kappa shape index (κ3) is 3.14. The number of hydrogen-bond acceptors (Lipinski definition) is 3. The summed E-state index contributed by atoms with van der Waals surface area (Å²) in [6.45, 7) is 7.56. The van der Waals surface area contributed by atoms with Crippen LogP contribution in [-0.4, -0.2) is 28.7 Å². The van der Waals surface area contributed by atoms with Gasteiger partial charge in [-0.15, -0.1) is 0 Å². The Hall–Kier alpha value is -2.17. The van der Waals surface area contributed by atoms with Crippen LogP contribution in [0.15, 0.2) is 35.7 Å². The molecule has 3 aliphatic carbocycles. The second-order valence-corrected chi connectivity index (χ2v) is 11.3. The quantitative estimate of drug-likeness (QED) is 0.749. The lowest BCUT2D eigenvalue weighted by atomic mass is 9.48. The molecule has 2 heterocycles. The molecule has 3 fully saturated rings. The smallest absolute Gasteiger partial charge is 0.226 e. The summed E-state index contributed by atoms with van der Waals surface area (Å²) in [4.78, 5) is 32.0. The number of carbonyl (C=O) groups is 2. The number of hydrogen-bond donors (Lipinski definition) is 1. The van der Waals surface area contributed by atoms with Gasteiger partial charge < -0.3 is 10.2 Å². The summed E-state index contributed by atoms with van der Waals surface area (Å²) in [5, 5.41) is 3.19. The van der Waals surface area contributed by atoms with E-state index in [0.717, 1.165) is 44.2 Å². The van der Waals surface area contributed by atoms with E-state index < -0.39 is 0 Å². The normalized spacial score (nSPS) is 38.8. The van der Waals surface area contributed by atoms with Gasteiger partial charge in [-0.25, -0.2) is 0 Å². The van der Waals surface area contributed by atoms with Gasteiger partial charge in [-0.2, -0.15) is 0 Å². The number of rotatable bonds is 3. The van der Waals surface area contributed by atoms with Crippen LogP contribution in [-0.2, 0) is 16.1 Å². The van der Waals surface area contributed by atoms with E-state index in [-0.39, 0.29) is 28.6 Å². The summed E-state index contributed by atoms with van der Waals surface area (Å²) in [7, 11) is 1.98. The van der Waals surface area contributed by atoms with Crippen molar-refractivity contribution in [1.82, 2.24) is 15.2 Å². The first-order chi connectivity index (χ1) is 15.3. The lowest BCUT2D eigenvalue weighted by molar-refractivity contribution is -0.138. The molecule has 4 aliphatic rings. The minimum atomic E-state index is 0.0693. The molecule has 1 aromatic heterocycles. The van der Waals surface area contributed by atoms with E-state index >= 15 is 0 Å². The fourth-order valence-electron chi connectivity index (χ4n) is 8.34. The van der Waals surface area contributed by atoms with Crippen molar-refractivity contribution in [1.29, 1.82) is 0 Å². The van der Waals surface area contributed by atoms with E-state index in [0.29, 0.717) is 30.7 Å². The van der Waals surface area contributed by atoms with Crippen LogP contribution in [0.1, 0.15) is 71.4 Å². The second-order valence-electron chi connectivity index (χ2n) is 11.3. The fourth-order valence-corrected chi connectivity index (χ4v) is 8.34. The van der Waals surface area contributed by atoms with Gasteiger partial charge in [0.25, 0.3) is 0 Å². The monoisotopic (exact) mass is 435 g/mol. The van der Waals surface area contributed by atoms with Gasteiger partial charge in [0.05, 0.1) is 12.2 Å². The molecule has 32 heavy (non-hydrogen) atoms.